The molecule has 0 heterocycles. The van der Waals surface area contributed by atoms with Gasteiger partial charge in [0.2, 0.25) is 0 Å². The Hall–Kier alpha value is -0.0800. The Morgan fingerprint density at radius 1 is 1.82 bits per heavy atom. The molecule has 0 saturated heterocycles. The van der Waals surface area contributed by atoms with Gasteiger partial charge >= 0.3 is 0 Å². The van der Waals surface area contributed by atoms with Crippen LogP contribution in [0.3, 0.4) is 0 Å². The molecule has 0 aromatic rings. The van der Waals surface area contributed by atoms with Gasteiger partial charge in [0, 0.05) is 12.3 Å². The number of ketones is 1. The molecule has 0 aromatic carbocycles. The van der Waals surface area contributed by atoms with Crippen molar-refractivity contribution in [3.8, 4) is 0 Å². The summed E-state index contributed by atoms with van der Waals surface area (Å²) in [6, 6.07) is 0. The van der Waals surface area contributed by atoms with Gasteiger partial charge in [-0.25, -0.2) is 0 Å². The zero-order chi connectivity index (χ0) is 8.48. The Morgan fingerprint density at radius 3 is 2.82 bits per heavy atom. The monoisotopic (exact) mass is 176 g/mol. The molecule has 0 amide bonds. The first-order valence-electron chi connectivity index (χ1n) is 3.89. The number of halogens is 1. The number of hydrogen-bond donors (Lipinski definition) is 1. The van der Waals surface area contributed by atoms with E-state index in [2.05, 4.69) is 0 Å². The third-order valence-electron chi connectivity index (χ3n) is 2.33. The molecule has 0 aliphatic heterocycles. The van der Waals surface area contributed by atoms with E-state index in [0.29, 0.717) is 6.42 Å². The Bertz CT molecular complexity index is 165. The zero-order valence-corrected chi connectivity index (χ0v) is 7.40. The maximum Gasteiger partial charge on any atom is 0.138 e. The lowest BCUT2D eigenvalue weighted by molar-refractivity contribution is -0.126. The van der Waals surface area contributed by atoms with E-state index in [4.69, 9.17) is 11.6 Å². The predicted octanol–water partition coefficient (Wildman–Crippen LogP) is 1.35. The summed E-state index contributed by atoms with van der Waals surface area (Å²) < 4.78 is 0. The van der Waals surface area contributed by atoms with Crippen molar-refractivity contribution < 1.29 is 9.90 Å². The van der Waals surface area contributed by atoms with Crippen LogP contribution in [-0.4, -0.2) is 22.4 Å². The maximum atomic E-state index is 11.2. The number of rotatable bonds is 2. The van der Waals surface area contributed by atoms with E-state index in [9.17, 15) is 9.90 Å². The third-order valence-corrected chi connectivity index (χ3v) is 2.87. The maximum absolute atomic E-state index is 11.2. The number of aliphatic hydroxyl groups is 1. The summed E-state index contributed by atoms with van der Waals surface area (Å²) in [5, 5.41) is 9.64. The molecule has 11 heavy (non-hydrogen) atoms. The van der Waals surface area contributed by atoms with Crippen LogP contribution in [-0.2, 0) is 4.79 Å². The van der Waals surface area contributed by atoms with Gasteiger partial charge in [0.1, 0.15) is 5.78 Å². The standard InChI is InChI=1S/C8H13ClO2/c1-8(11,5-9)6-3-2-4-7(6)10/h6,11H,2-5H2,1H3/t6-,8+/m1/s1. The van der Waals surface area contributed by atoms with Gasteiger partial charge in [-0.1, -0.05) is 0 Å². The van der Waals surface area contributed by atoms with Crippen molar-refractivity contribution in [2.45, 2.75) is 31.8 Å². The second-order valence-electron chi connectivity index (χ2n) is 3.40. The number of carbonyl (C=O) groups is 1. The fourth-order valence-corrected chi connectivity index (χ4v) is 1.75. The van der Waals surface area contributed by atoms with Crippen LogP contribution in [0.4, 0.5) is 0 Å². The smallest absolute Gasteiger partial charge is 0.138 e. The molecule has 0 unspecified atom stereocenters. The van der Waals surface area contributed by atoms with Gasteiger partial charge in [0.15, 0.2) is 0 Å². The average molecular weight is 177 g/mol. The average Bonchev–Trinajstić information content (AvgIpc) is 2.36. The Balaban J connectivity index is 2.65. The van der Waals surface area contributed by atoms with Crippen molar-refractivity contribution in [2.75, 3.05) is 5.88 Å². The molecule has 0 aromatic heterocycles. The summed E-state index contributed by atoms with van der Waals surface area (Å²) in [6.45, 7) is 1.63. The van der Waals surface area contributed by atoms with Gasteiger partial charge < -0.3 is 5.11 Å². The number of alkyl halides is 1. The second-order valence-corrected chi connectivity index (χ2v) is 3.67. The normalized spacial score (nSPS) is 30.5. The molecule has 0 spiro atoms. The lowest BCUT2D eigenvalue weighted by atomic mass is 9.89. The highest BCUT2D eigenvalue weighted by atomic mass is 35.5. The van der Waals surface area contributed by atoms with Crippen molar-refractivity contribution in [2.24, 2.45) is 5.92 Å². The van der Waals surface area contributed by atoms with Crippen LogP contribution in [0, 0.1) is 5.92 Å². The predicted molar refractivity (Wildman–Crippen MR) is 43.7 cm³/mol. The van der Waals surface area contributed by atoms with Crippen LogP contribution in [0.5, 0.6) is 0 Å². The molecular formula is C8H13ClO2. The first kappa shape index (κ1) is 9.01. The van der Waals surface area contributed by atoms with Gasteiger partial charge in [-0.2, -0.15) is 0 Å². The summed E-state index contributed by atoms with van der Waals surface area (Å²) in [6.07, 6.45) is 2.30. The summed E-state index contributed by atoms with van der Waals surface area (Å²) in [7, 11) is 0. The molecule has 1 fully saturated rings. The van der Waals surface area contributed by atoms with Crippen LogP contribution < -0.4 is 0 Å². The molecule has 1 rings (SSSR count). The molecule has 2 nitrogen and oxygen atoms in total. The highest BCUT2D eigenvalue weighted by Gasteiger charge is 2.38. The topological polar surface area (TPSA) is 37.3 Å². The second kappa shape index (κ2) is 3.11. The lowest BCUT2D eigenvalue weighted by Gasteiger charge is -2.25. The molecule has 1 saturated carbocycles. The van der Waals surface area contributed by atoms with Gasteiger partial charge in [0.25, 0.3) is 0 Å². The van der Waals surface area contributed by atoms with Crippen LogP contribution in [0.2, 0.25) is 0 Å². The van der Waals surface area contributed by atoms with E-state index in [1.807, 2.05) is 0 Å². The summed E-state index contributed by atoms with van der Waals surface area (Å²) >= 11 is 5.54. The van der Waals surface area contributed by atoms with Crippen LogP contribution in [0.25, 0.3) is 0 Å². The van der Waals surface area contributed by atoms with Crippen LogP contribution >= 0.6 is 11.6 Å². The number of carbonyl (C=O) groups excluding carboxylic acids is 1. The molecule has 0 bridgehead atoms. The van der Waals surface area contributed by atoms with E-state index >= 15 is 0 Å². The van der Waals surface area contributed by atoms with Crippen LogP contribution in [0.1, 0.15) is 26.2 Å². The molecule has 0 radical (unpaired) electrons. The Morgan fingerprint density at radius 2 is 2.45 bits per heavy atom. The summed E-state index contributed by atoms with van der Waals surface area (Å²) in [5.41, 5.74) is -0.991. The minimum absolute atomic E-state index is 0.142. The molecule has 1 aliphatic carbocycles. The number of Topliss-reactive ketones (excluding diaryl/α,β-unsaturated/α-hetero) is 1. The van der Waals surface area contributed by atoms with Gasteiger partial charge in [-0.3, -0.25) is 4.79 Å². The van der Waals surface area contributed by atoms with Gasteiger partial charge in [-0.05, 0) is 19.8 Å². The zero-order valence-electron chi connectivity index (χ0n) is 6.64. The van der Waals surface area contributed by atoms with Crippen molar-refractivity contribution in [3.63, 3.8) is 0 Å². The quantitative estimate of drug-likeness (QED) is 0.645. The fraction of sp³-hybridized carbons (Fsp3) is 0.875. The van der Waals surface area contributed by atoms with E-state index in [1.165, 1.54) is 0 Å². The number of hydrogen-bond acceptors (Lipinski definition) is 2. The molecule has 1 N–H and O–H groups in total. The minimum Gasteiger partial charge on any atom is -0.388 e. The van der Waals surface area contributed by atoms with Crippen molar-refractivity contribution in [1.29, 1.82) is 0 Å². The van der Waals surface area contributed by atoms with Gasteiger partial charge in [0.05, 0.1) is 11.5 Å². The highest BCUT2D eigenvalue weighted by Crippen LogP contribution is 2.31. The highest BCUT2D eigenvalue weighted by molar-refractivity contribution is 6.18. The van der Waals surface area contributed by atoms with E-state index in [-0.39, 0.29) is 17.6 Å². The fourth-order valence-electron chi connectivity index (χ4n) is 1.57. The first-order valence-corrected chi connectivity index (χ1v) is 4.42. The third kappa shape index (κ3) is 1.74. The Labute approximate surface area is 71.5 Å². The molecule has 3 heteroatoms. The van der Waals surface area contributed by atoms with Gasteiger partial charge in [-0.15, -0.1) is 11.6 Å². The van der Waals surface area contributed by atoms with Crippen molar-refractivity contribution in [3.05, 3.63) is 0 Å². The molecular weight excluding hydrogens is 164 g/mol. The van der Waals surface area contributed by atoms with E-state index in [0.717, 1.165) is 12.8 Å². The minimum atomic E-state index is -0.991. The summed E-state index contributed by atoms with van der Waals surface area (Å²) in [4.78, 5) is 11.2. The summed E-state index contributed by atoms with van der Waals surface area (Å²) in [5.74, 6) is 0.0827. The van der Waals surface area contributed by atoms with Crippen LogP contribution in [0.15, 0.2) is 0 Å². The molecule has 64 valence electrons. The van der Waals surface area contributed by atoms with E-state index < -0.39 is 5.60 Å². The molecule has 2 atom stereocenters. The van der Waals surface area contributed by atoms with Crippen molar-refractivity contribution >= 4 is 17.4 Å². The van der Waals surface area contributed by atoms with E-state index in [1.54, 1.807) is 6.92 Å². The molecule has 1 aliphatic rings. The lowest BCUT2D eigenvalue weighted by Crippen LogP contribution is -2.38. The SMILES string of the molecule is C[C@](O)(CCl)[C@@H]1CCCC1=O. The Kier molecular flexibility index (Phi) is 2.55. The first-order chi connectivity index (χ1) is 5.08. The van der Waals surface area contributed by atoms with Crippen molar-refractivity contribution in [1.82, 2.24) is 0 Å². The largest absolute Gasteiger partial charge is 0.388 e.